The molecule has 0 aliphatic rings. The van der Waals surface area contributed by atoms with E-state index in [9.17, 15) is 13.2 Å². The summed E-state index contributed by atoms with van der Waals surface area (Å²) in [5.74, 6) is -1.31. The van der Waals surface area contributed by atoms with Gasteiger partial charge in [0.1, 0.15) is 6.21 Å². The lowest BCUT2D eigenvalue weighted by Gasteiger charge is -1.90. The molecular weight excluding hydrogens is 160 g/mol. The first-order valence-corrected chi connectivity index (χ1v) is 4.04. The standard InChI is InChI=1S/C3H6N2O4S/c1-10(8,9)5-4-2-3(6)7/h2,5H,1H3,(H,6,7). The van der Waals surface area contributed by atoms with Gasteiger partial charge in [-0.05, 0) is 0 Å². The summed E-state index contributed by atoms with van der Waals surface area (Å²) in [5, 5.41) is 10.8. The van der Waals surface area contributed by atoms with Crippen molar-refractivity contribution in [2.45, 2.75) is 0 Å². The molecule has 0 bridgehead atoms. The van der Waals surface area contributed by atoms with Crippen LogP contribution in [0.1, 0.15) is 0 Å². The molecule has 0 aliphatic carbocycles. The van der Waals surface area contributed by atoms with E-state index < -0.39 is 16.0 Å². The molecule has 2 N–H and O–H groups in total. The Morgan fingerprint density at radius 1 is 1.70 bits per heavy atom. The molecule has 0 amide bonds. The zero-order valence-corrected chi connectivity index (χ0v) is 5.92. The Morgan fingerprint density at radius 3 is 2.50 bits per heavy atom. The van der Waals surface area contributed by atoms with Crippen molar-refractivity contribution in [1.29, 1.82) is 0 Å². The molecule has 0 aromatic heterocycles. The maximum atomic E-state index is 10.2. The molecule has 0 rings (SSSR count). The Kier molecular flexibility index (Phi) is 2.81. The summed E-state index contributed by atoms with van der Waals surface area (Å²) in [7, 11) is -3.43. The van der Waals surface area contributed by atoms with E-state index >= 15 is 0 Å². The Bertz CT molecular complexity index is 241. The molecule has 0 saturated carbocycles. The van der Waals surface area contributed by atoms with Gasteiger partial charge in [0.25, 0.3) is 0 Å². The van der Waals surface area contributed by atoms with Gasteiger partial charge in [0.15, 0.2) is 0 Å². The van der Waals surface area contributed by atoms with E-state index in [2.05, 4.69) is 5.10 Å². The van der Waals surface area contributed by atoms with Crippen molar-refractivity contribution in [3.8, 4) is 0 Å². The number of aliphatic carboxylic acids is 1. The van der Waals surface area contributed by atoms with Crippen LogP contribution in [0.2, 0.25) is 0 Å². The summed E-state index contributed by atoms with van der Waals surface area (Å²) in [6, 6.07) is 0. The first-order chi connectivity index (χ1) is 4.42. The van der Waals surface area contributed by atoms with Gasteiger partial charge in [-0.15, -0.1) is 0 Å². The lowest BCUT2D eigenvalue weighted by atomic mass is 10.8. The minimum Gasteiger partial charge on any atom is -0.477 e. The molecule has 0 aromatic rings. The Labute approximate surface area is 57.6 Å². The average Bonchev–Trinajstić information content (AvgIpc) is 1.59. The summed E-state index contributed by atoms with van der Waals surface area (Å²) in [4.78, 5) is 11.3. The molecule has 0 heterocycles. The van der Waals surface area contributed by atoms with E-state index in [1.165, 1.54) is 0 Å². The predicted octanol–water partition coefficient (Wildman–Crippen LogP) is -1.39. The summed E-state index contributed by atoms with van der Waals surface area (Å²) < 4.78 is 20.4. The number of carboxylic acid groups (broad SMARTS) is 1. The molecule has 6 nitrogen and oxygen atoms in total. The molecule has 0 aromatic carbocycles. The van der Waals surface area contributed by atoms with Gasteiger partial charge >= 0.3 is 5.97 Å². The predicted molar refractivity (Wildman–Crippen MR) is 34.1 cm³/mol. The highest BCUT2D eigenvalue weighted by atomic mass is 32.2. The number of hydrogen-bond acceptors (Lipinski definition) is 4. The quantitative estimate of drug-likeness (QED) is 0.398. The summed E-state index contributed by atoms with van der Waals surface area (Å²) in [6.07, 6.45) is 1.31. The van der Waals surface area contributed by atoms with Gasteiger partial charge in [-0.1, -0.05) is 0 Å². The van der Waals surface area contributed by atoms with E-state index in [1.807, 2.05) is 0 Å². The van der Waals surface area contributed by atoms with Gasteiger partial charge in [-0.2, -0.15) is 5.10 Å². The monoisotopic (exact) mass is 166 g/mol. The highest BCUT2D eigenvalue weighted by molar-refractivity contribution is 7.88. The number of carboxylic acids is 1. The van der Waals surface area contributed by atoms with Crippen LogP contribution in [-0.2, 0) is 14.8 Å². The van der Waals surface area contributed by atoms with Crippen LogP contribution in [0.15, 0.2) is 5.10 Å². The van der Waals surface area contributed by atoms with Crippen LogP contribution < -0.4 is 4.83 Å². The first kappa shape index (κ1) is 8.89. The summed E-state index contributed by atoms with van der Waals surface area (Å²) >= 11 is 0. The number of nitrogens with zero attached hydrogens (tertiary/aromatic N) is 1. The topological polar surface area (TPSA) is 95.8 Å². The van der Waals surface area contributed by atoms with Crippen LogP contribution in [0.3, 0.4) is 0 Å². The Balaban J connectivity index is 3.88. The summed E-state index contributed by atoms with van der Waals surface area (Å²) in [5.41, 5.74) is 0. The molecule has 0 aliphatic heterocycles. The fourth-order valence-corrected chi connectivity index (χ4v) is 0.421. The zero-order chi connectivity index (χ0) is 8.20. The van der Waals surface area contributed by atoms with Crippen molar-refractivity contribution in [1.82, 2.24) is 4.83 Å². The van der Waals surface area contributed by atoms with Gasteiger partial charge < -0.3 is 5.11 Å². The van der Waals surface area contributed by atoms with Crippen LogP contribution >= 0.6 is 0 Å². The van der Waals surface area contributed by atoms with Crippen molar-refractivity contribution in [3.05, 3.63) is 0 Å². The molecule has 0 atom stereocenters. The number of hydrogen-bond donors (Lipinski definition) is 2. The largest absolute Gasteiger partial charge is 0.477 e. The van der Waals surface area contributed by atoms with Gasteiger partial charge in [0.05, 0.1) is 6.26 Å². The number of nitrogens with one attached hydrogen (secondary N) is 1. The fourth-order valence-electron chi connectivity index (χ4n) is 0.177. The van der Waals surface area contributed by atoms with Crippen molar-refractivity contribution in [2.24, 2.45) is 5.10 Å². The molecule has 0 unspecified atom stereocenters. The van der Waals surface area contributed by atoms with E-state index in [1.54, 1.807) is 4.83 Å². The van der Waals surface area contributed by atoms with Crippen LogP contribution in [0.25, 0.3) is 0 Å². The number of carbonyl (C=O) groups is 1. The van der Waals surface area contributed by atoms with E-state index in [0.717, 1.165) is 6.26 Å². The van der Waals surface area contributed by atoms with E-state index in [-0.39, 0.29) is 0 Å². The normalized spacial score (nSPS) is 11.7. The van der Waals surface area contributed by atoms with Crippen LogP contribution in [0, 0.1) is 0 Å². The average molecular weight is 166 g/mol. The second kappa shape index (κ2) is 3.16. The Morgan fingerprint density at radius 2 is 2.20 bits per heavy atom. The summed E-state index contributed by atoms with van der Waals surface area (Å²) in [6.45, 7) is 0. The maximum absolute atomic E-state index is 10.2. The highest BCUT2D eigenvalue weighted by Gasteiger charge is 1.94. The second-order valence-corrected chi connectivity index (χ2v) is 3.19. The van der Waals surface area contributed by atoms with Gasteiger partial charge in [-0.3, -0.25) is 0 Å². The number of hydrazone groups is 1. The molecule has 58 valence electrons. The SMILES string of the molecule is CS(=O)(=O)NN=CC(=O)O. The lowest BCUT2D eigenvalue weighted by molar-refractivity contribution is -0.128. The van der Waals surface area contributed by atoms with Gasteiger partial charge in [0.2, 0.25) is 10.0 Å². The third kappa shape index (κ3) is 6.89. The minimum atomic E-state index is -3.43. The molecular formula is C3H6N2O4S. The molecule has 0 fully saturated rings. The van der Waals surface area contributed by atoms with Crippen molar-refractivity contribution < 1.29 is 18.3 Å². The number of rotatable bonds is 3. The zero-order valence-electron chi connectivity index (χ0n) is 5.10. The first-order valence-electron chi connectivity index (χ1n) is 2.14. The molecule has 7 heteroatoms. The van der Waals surface area contributed by atoms with Crippen molar-refractivity contribution in [3.63, 3.8) is 0 Å². The molecule has 0 radical (unpaired) electrons. The Hall–Kier alpha value is -1.11. The fraction of sp³-hybridized carbons (Fsp3) is 0.333. The third-order valence-corrected chi connectivity index (χ3v) is 0.831. The smallest absolute Gasteiger partial charge is 0.348 e. The minimum absolute atomic E-state index is 0.445. The molecule has 10 heavy (non-hydrogen) atoms. The van der Waals surface area contributed by atoms with Gasteiger partial charge in [0, 0.05) is 0 Å². The van der Waals surface area contributed by atoms with Crippen LogP contribution in [0.5, 0.6) is 0 Å². The van der Waals surface area contributed by atoms with Crippen LogP contribution in [0.4, 0.5) is 0 Å². The molecule has 0 spiro atoms. The van der Waals surface area contributed by atoms with Crippen LogP contribution in [-0.4, -0.2) is 32.0 Å². The molecule has 0 saturated heterocycles. The third-order valence-electron chi connectivity index (χ3n) is 0.394. The van der Waals surface area contributed by atoms with Gasteiger partial charge in [-0.25, -0.2) is 18.0 Å². The van der Waals surface area contributed by atoms with Crippen molar-refractivity contribution >= 4 is 22.2 Å². The maximum Gasteiger partial charge on any atom is 0.348 e. The van der Waals surface area contributed by atoms with E-state index in [0.29, 0.717) is 6.21 Å². The van der Waals surface area contributed by atoms with Crippen molar-refractivity contribution in [2.75, 3.05) is 6.26 Å². The van der Waals surface area contributed by atoms with E-state index in [4.69, 9.17) is 5.11 Å². The lowest BCUT2D eigenvalue weighted by Crippen LogP contribution is -2.16. The highest BCUT2D eigenvalue weighted by Crippen LogP contribution is 1.70. The number of sulfonamides is 1. The second-order valence-electron chi connectivity index (χ2n) is 1.46.